The monoisotopic (exact) mass is 371 g/mol. The molecule has 7 nitrogen and oxygen atoms in total. The number of hydrogen-bond acceptors (Lipinski definition) is 4. The Bertz CT molecular complexity index is 914. The molecule has 2 saturated carbocycles. The molecule has 0 aliphatic heterocycles. The second-order valence-corrected chi connectivity index (χ2v) is 7.51. The number of amides is 2. The van der Waals surface area contributed by atoms with Crippen molar-refractivity contribution < 1.29 is 9.59 Å². The zero-order chi connectivity index (χ0) is 18.3. The summed E-state index contributed by atoms with van der Waals surface area (Å²) in [5.41, 5.74) is 1.14. The topological polar surface area (TPSA) is 91.8 Å². The van der Waals surface area contributed by atoms with Gasteiger partial charge in [-0.05, 0) is 55.6 Å². The average Bonchev–Trinajstić information content (AvgIpc) is 3.54. The van der Waals surface area contributed by atoms with Crippen molar-refractivity contribution in [3.63, 3.8) is 0 Å². The molecule has 2 unspecified atom stereocenters. The standard InChI is InChI=1S/C18H21N5O2S/c1-10-7-14(10)17(25)20-12-4-2-3-11(8-12)16(24)19-9-15-21-22-18(26)23(15)13-5-6-13/h2-4,8,10,13-14H,5-7,9H2,1H3,(H,19,24)(H,20,25)(H,22,26). The minimum Gasteiger partial charge on any atom is -0.345 e. The van der Waals surface area contributed by atoms with Crippen LogP contribution in [-0.4, -0.2) is 26.6 Å². The predicted octanol–water partition coefficient (Wildman–Crippen LogP) is 2.80. The molecule has 136 valence electrons. The number of carbonyl (C=O) groups excluding carboxylic acids is 2. The average molecular weight is 371 g/mol. The third kappa shape index (κ3) is 3.55. The second kappa shape index (κ2) is 6.68. The first-order chi connectivity index (χ1) is 12.5. The normalized spacial score (nSPS) is 21.3. The maximum Gasteiger partial charge on any atom is 0.251 e. The van der Waals surface area contributed by atoms with E-state index in [1.54, 1.807) is 24.3 Å². The lowest BCUT2D eigenvalue weighted by molar-refractivity contribution is -0.117. The van der Waals surface area contributed by atoms with Crippen molar-refractivity contribution in [3.05, 3.63) is 40.4 Å². The van der Waals surface area contributed by atoms with E-state index in [0.29, 0.717) is 34.5 Å². The van der Waals surface area contributed by atoms with Gasteiger partial charge in [-0.15, -0.1) is 0 Å². The quantitative estimate of drug-likeness (QED) is 0.681. The summed E-state index contributed by atoms with van der Waals surface area (Å²) in [6.07, 6.45) is 3.12. The predicted molar refractivity (Wildman–Crippen MR) is 99.2 cm³/mol. The molecule has 8 heteroatoms. The summed E-state index contributed by atoms with van der Waals surface area (Å²) in [6.45, 7) is 2.37. The van der Waals surface area contributed by atoms with Crippen LogP contribution in [0.1, 0.15) is 48.4 Å². The molecule has 0 radical (unpaired) electrons. The number of nitrogens with one attached hydrogen (secondary N) is 3. The highest BCUT2D eigenvalue weighted by molar-refractivity contribution is 7.71. The zero-order valence-electron chi connectivity index (χ0n) is 14.5. The van der Waals surface area contributed by atoms with Crippen LogP contribution in [0.5, 0.6) is 0 Å². The van der Waals surface area contributed by atoms with Crippen LogP contribution in [-0.2, 0) is 11.3 Å². The molecule has 3 N–H and O–H groups in total. The van der Waals surface area contributed by atoms with E-state index in [-0.39, 0.29) is 17.7 Å². The second-order valence-electron chi connectivity index (χ2n) is 7.12. The van der Waals surface area contributed by atoms with Crippen LogP contribution in [0.2, 0.25) is 0 Å². The summed E-state index contributed by atoms with van der Waals surface area (Å²) >= 11 is 5.25. The van der Waals surface area contributed by atoms with Gasteiger partial charge in [0.2, 0.25) is 5.91 Å². The van der Waals surface area contributed by atoms with Crippen LogP contribution in [0.3, 0.4) is 0 Å². The molecule has 1 aromatic heterocycles. The molecule has 1 aromatic carbocycles. The lowest BCUT2D eigenvalue weighted by Crippen LogP contribution is -2.25. The fraction of sp³-hybridized carbons (Fsp3) is 0.444. The van der Waals surface area contributed by atoms with Crippen molar-refractivity contribution >= 4 is 29.7 Å². The lowest BCUT2D eigenvalue weighted by Gasteiger charge is -2.09. The Kier molecular flexibility index (Phi) is 4.36. The fourth-order valence-corrected chi connectivity index (χ4v) is 3.39. The Morgan fingerprint density at radius 2 is 2.15 bits per heavy atom. The molecule has 2 aliphatic rings. The number of aromatic nitrogens is 3. The summed E-state index contributed by atoms with van der Waals surface area (Å²) in [5.74, 6) is 1.09. The summed E-state index contributed by atoms with van der Waals surface area (Å²) in [6, 6.07) is 7.37. The van der Waals surface area contributed by atoms with Crippen molar-refractivity contribution in [2.75, 3.05) is 5.32 Å². The Labute approximate surface area is 156 Å². The van der Waals surface area contributed by atoms with E-state index in [0.717, 1.165) is 25.1 Å². The minimum absolute atomic E-state index is 0.0232. The molecule has 2 atom stereocenters. The lowest BCUT2D eigenvalue weighted by atomic mass is 10.2. The molecule has 0 bridgehead atoms. The fourth-order valence-electron chi connectivity index (χ4n) is 3.09. The van der Waals surface area contributed by atoms with Crippen molar-refractivity contribution in [2.24, 2.45) is 11.8 Å². The smallest absolute Gasteiger partial charge is 0.251 e. The van der Waals surface area contributed by atoms with Gasteiger partial charge >= 0.3 is 0 Å². The van der Waals surface area contributed by atoms with Gasteiger partial charge in [0, 0.05) is 23.2 Å². The van der Waals surface area contributed by atoms with Crippen molar-refractivity contribution in [3.8, 4) is 0 Å². The SMILES string of the molecule is CC1CC1C(=O)Nc1cccc(C(=O)NCc2n[nH]c(=S)n2C2CC2)c1. The van der Waals surface area contributed by atoms with Crippen molar-refractivity contribution in [2.45, 2.75) is 38.8 Å². The van der Waals surface area contributed by atoms with E-state index in [4.69, 9.17) is 12.2 Å². The number of anilines is 1. The van der Waals surface area contributed by atoms with Gasteiger partial charge in [0.25, 0.3) is 5.91 Å². The minimum atomic E-state index is -0.211. The molecule has 0 spiro atoms. The Hall–Kier alpha value is -2.48. The molecule has 26 heavy (non-hydrogen) atoms. The van der Waals surface area contributed by atoms with Gasteiger partial charge < -0.3 is 10.6 Å². The largest absolute Gasteiger partial charge is 0.345 e. The van der Waals surface area contributed by atoms with Crippen molar-refractivity contribution in [1.82, 2.24) is 20.1 Å². The van der Waals surface area contributed by atoms with Crippen molar-refractivity contribution in [1.29, 1.82) is 0 Å². The first-order valence-corrected chi connectivity index (χ1v) is 9.28. The van der Waals surface area contributed by atoms with E-state index in [2.05, 4.69) is 27.8 Å². The number of carbonyl (C=O) groups is 2. The zero-order valence-corrected chi connectivity index (χ0v) is 15.3. The van der Waals surface area contributed by atoms with Crippen LogP contribution in [0.25, 0.3) is 0 Å². The molecular formula is C18H21N5O2S. The number of nitrogens with zero attached hydrogens (tertiary/aromatic N) is 2. The molecule has 2 amide bonds. The summed E-state index contributed by atoms with van der Waals surface area (Å²) in [5, 5.41) is 12.8. The van der Waals surface area contributed by atoms with Gasteiger partial charge in [-0.3, -0.25) is 19.3 Å². The van der Waals surface area contributed by atoms with Crippen LogP contribution in [0, 0.1) is 16.6 Å². The van der Waals surface area contributed by atoms with Gasteiger partial charge in [0.05, 0.1) is 6.54 Å². The number of benzene rings is 1. The van der Waals surface area contributed by atoms with Gasteiger partial charge in [-0.1, -0.05) is 13.0 Å². The number of hydrogen-bond donors (Lipinski definition) is 3. The summed E-state index contributed by atoms with van der Waals surface area (Å²) in [7, 11) is 0. The van der Waals surface area contributed by atoms with Crippen LogP contribution < -0.4 is 10.6 Å². The third-order valence-corrected chi connectivity index (χ3v) is 5.22. The molecule has 2 aromatic rings. The molecule has 2 aliphatic carbocycles. The molecular weight excluding hydrogens is 350 g/mol. The van der Waals surface area contributed by atoms with Crippen LogP contribution in [0.4, 0.5) is 5.69 Å². The van der Waals surface area contributed by atoms with Gasteiger partial charge in [-0.25, -0.2) is 0 Å². The van der Waals surface area contributed by atoms with E-state index in [9.17, 15) is 9.59 Å². The first-order valence-electron chi connectivity index (χ1n) is 8.88. The Balaban J connectivity index is 1.39. The molecule has 0 saturated heterocycles. The number of rotatable bonds is 6. The van der Waals surface area contributed by atoms with E-state index in [1.807, 2.05) is 4.57 Å². The molecule has 1 heterocycles. The number of aromatic amines is 1. The highest BCUT2D eigenvalue weighted by atomic mass is 32.1. The summed E-state index contributed by atoms with van der Waals surface area (Å²) < 4.78 is 2.57. The van der Waals surface area contributed by atoms with Crippen LogP contribution >= 0.6 is 12.2 Å². The van der Waals surface area contributed by atoms with Gasteiger partial charge in [0.15, 0.2) is 10.6 Å². The van der Waals surface area contributed by atoms with Gasteiger partial charge in [0.1, 0.15) is 0 Å². The first kappa shape index (κ1) is 17.0. The Morgan fingerprint density at radius 1 is 1.38 bits per heavy atom. The summed E-state index contributed by atoms with van der Waals surface area (Å²) in [4.78, 5) is 24.5. The van der Waals surface area contributed by atoms with E-state index >= 15 is 0 Å². The Morgan fingerprint density at radius 3 is 2.85 bits per heavy atom. The highest BCUT2D eigenvalue weighted by Crippen LogP contribution is 2.38. The molecule has 2 fully saturated rings. The van der Waals surface area contributed by atoms with Gasteiger partial charge in [-0.2, -0.15) is 5.10 Å². The third-order valence-electron chi connectivity index (χ3n) is 4.94. The van der Waals surface area contributed by atoms with E-state index in [1.165, 1.54) is 0 Å². The van der Waals surface area contributed by atoms with E-state index < -0.39 is 0 Å². The molecule has 4 rings (SSSR count). The highest BCUT2D eigenvalue weighted by Gasteiger charge is 2.39. The van der Waals surface area contributed by atoms with Crippen LogP contribution in [0.15, 0.2) is 24.3 Å². The maximum atomic E-state index is 12.5. The maximum absolute atomic E-state index is 12.5. The number of H-pyrrole nitrogens is 1.